The highest BCUT2D eigenvalue weighted by Crippen LogP contribution is 2.30. The lowest BCUT2D eigenvalue weighted by Gasteiger charge is -2.16. The summed E-state index contributed by atoms with van der Waals surface area (Å²) in [5.41, 5.74) is 4.50. The Bertz CT molecular complexity index is 623. The molecule has 0 saturated heterocycles. The number of ether oxygens (including phenoxy) is 1. The van der Waals surface area contributed by atoms with Crippen molar-refractivity contribution in [2.75, 3.05) is 6.61 Å². The van der Waals surface area contributed by atoms with Crippen LogP contribution in [0.4, 0.5) is 0 Å². The lowest BCUT2D eigenvalue weighted by Crippen LogP contribution is -2.05. The summed E-state index contributed by atoms with van der Waals surface area (Å²) in [5, 5.41) is 10.5. The third kappa shape index (κ3) is 4.08. The first-order valence-electron chi connectivity index (χ1n) is 7.17. The van der Waals surface area contributed by atoms with Crippen molar-refractivity contribution in [1.29, 1.82) is 0 Å². The van der Waals surface area contributed by atoms with Crippen LogP contribution in [0.3, 0.4) is 0 Å². The van der Waals surface area contributed by atoms with E-state index in [1.54, 1.807) is 0 Å². The Morgan fingerprint density at radius 3 is 2.57 bits per heavy atom. The average molecular weight is 349 g/mol. The molecule has 0 radical (unpaired) electrons. The van der Waals surface area contributed by atoms with E-state index >= 15 is 0 Å². The maximum atomic E-state index is 10.5. The van der Waals surface area contributed by atoms with E-state index in [1.807, 2.05) is 25.1 Å². The fourth-order valence-corrected chi connectivity index (χ4v) is 3.00. The highest BCUT2D eigenvalue weighted by Gasteiger charge is 2.14. The summed E-state index contributed by atoms with van der Waals surface area (Å²) in [4.78, 5) is 0. The van der Waals surface area contributed by atoms with Gasteiger partial charge in [-0.05, 0) is 49.6 Å². The molecule has 0 aliphatic carbocycles. The largest absolute Gasteiger partial charge is 0.494 e. The second kappa shape index (κ2) is 7.10. The zero-order valence-corrected chi connectivity index (χ0v) is 14.3. The lowest BCUT2D eigenvalue weighted by molar-refractivity contribution is 0.177. The van der Waals surface area contributed by atoms with Gasteiger partial charge in [-0.3, -0.25) is 0 Å². The first kappa shape index (κ1) is 16.1. The van der Waals surface area contributed by atoms with Gasteiger partial charge in [0, 0.05) is 10.9 Å². The van der Waals surface area contributed by atoms with Gasteiger partial charge in [-0.1, -0.05) is 45.8 Å². The van der Waals surface area contributed by atoms with Crippen LogP contribution in [-0.2, 0) is 6.42 Å². The van der Waals surface area contributed by atoms with E-state index in [9.17, 15) is 5.11 Å². The number of hydrogen-bond acceptors (Lipinski definition) is 2. The van der Waals surface area contributed by atoms with Crippen molar-refractivity contribution < 1.29 is 9.84 Å². The van der Waals surface area contributed by atoms with E-state index in [-0.39, 0.29) is 0 Å². The first-order chi connectivity index (χ1) is 10.0. The molecule has 0 aliphatic rings. The van der Waals surface area contributed by atoms with Gasteiger partial charge in [0.25, 0.3) is 0 Å². The summed E-state index contributed by atoms with van der Waals surface area (Å²) in [5.74, 6) is 0.812. The number of hydrogen-bond donors (Lipinski definition) is 1. The van der Waals surface area contributed by atoms with Crippen LogP contribution in [0.5, 0.6) is 5.75 Å². The van der Waals surface area contributed by atoms with E-state index < -0.39 is 6.10 Å². The van der Waals surface area contributed by atoms with E-state index in [4.69, 9.17) is 4.74 Å². The molecule has 0 amide bonds. The molecule has 0 bridgehead atoms. The fourth-order valence-electron chi connectivity index (χ4n) is 2.37. The molecule has 0 fully saturated rings. The van der Waals surface area contributed by atoms with Crippen LogP contribution in [0.25, 0.3) is 0 Å². The smallest absolute Gasteiger partial charge is 0.120 e. The Labute approximate surface area is 134 Å². The zero-order chi connectivity index (χ0) is 15.4. The maximum Gasteiger partial charge on any atom is 0.120 e. The molecule has 1 unspecified atom stereocenters. The summed E-state index contributed by atoms with van der Waals surface area (Å²) >= 11 is 3.52. The van der Waals surface area contributed by atoms with Gasteiger partial charge in [-0.25, -0.2) is 0 Å². The summed E-state index contributed by atoms with van der Waals surface area (Å²) in [7, 11) is 0. The molecule has 2 rings (SSSR count). The van der Waals surface area contributed by atoms with Gasteiger partial charge in [0.15, 0.2) is 0 Å². The van der Waals surface area contributed by atoms with Crippen LogP contribution < -0.4 is 4.74 Å². The van der Waals surface area contributed by atoms with Crippen molar-refractivity contribution in [3.8, 4) is 5.75 Å². The van der Waals surface area contributed by atoms with Gasteiger partial charge < -0.3 is 9.84 Å². The molecule has 0 spiro atoms. The third-order valence-electron chi connectivity index (χ3n) is 3.56. The van der Waals surface area contributed by atoms with Crippen molar-refractivity contribution >= 4 is 15.9 Å². The SMILES string of the molecule is CCOc1ccc(C(O)Cc2cc(C)ccc2C)c(Br)c1. The van der Waals surface area contributed by atoms with Crippen molar-refractivity contribution in [2.24, 2.45) is 0 Å². The molecule has 1 N–H and O–H groups in total. The normalized spacial score (nSPS) is 12.2. The van der Waals surface area contributed by atoms with Gasteiger partial charge in [0.1, 0.15) is 5.75 Å². The number of aliphatic hydroxyl groups excluding tert-OH is 1. The monoisotopic (exact) mass is 348 g/mol. The van der Waals surface area contributed by atoms with Crippen LogP contribution in [0.2, 0.25) is 0 Å². The molecule has 0 heterocycles. The molecule has 2 nitrogen and oxygen atoms in total. The third-order valence-corrected chi connectivity index (χ3v) is 4.25. The first-order valence-corrected chi connectivity index (χ1v) is 7.97. The number of aliphatic hydroxyl groups is 1. The van der Waals surface area contributed by atoms with Gasteiger partial charge in [0.2, 0.25) is 0 Å². The molecule has 2 aromatic rings. The van der Waals surface area contributed by atoms with Crippen molar-refractivity contribution in [3.63, 3.8) is 0 Å². The molecule has 2 aromatic carbocycles. The fraction of sp³-hybridized carbons (Fsp3) is 0.333. The number of halogens is 1. The Kier molecular flexibility index (Phi) is 5.43. The lowest BCUT2D eigenvalue weighted by atomic mass is 9.97. The predicted molar refractivity (Wildman–Crippen MR) is 89.9 cm³/mol. The molecule has 0 aromatic heterocycles. The predicted octanol–water partition coefficient (Wildman–Crippen LogP) is 4.74. The van der Waals surface area contributed by atoms with Crippen molar-refractivity contribution in [3.05, 3.63) is 63.1 Å². The Hall–Kier alpha value is -1.32. The molecule has 3 heteroatoms. The minimum Gasteiger partial charge on any atom is -0.494 e. The highest BCUT2D eigenvalue weighted by molar-refractivity contribution is 9.10. The number of aryl methyl sites for hydroxylation is 2. The zero-order valence-electron chi connectivity index (χ0n) is 12.7. The number of benzene rings is 2. The molecular weight excluding hydrogens is 328 g/mol. The Morgan fingerprint density at radius 1 is 1.14 bits per heavy atom. The van der Waals surface area contributed by atoms with Gasteiger partial charge in [0.05, 0.1) is 12.7 Å². The minimum atomic E-state index is -0.532. The van der Waals surface area contributed by atoms with Crippen LogP contribution in [0, 0.1) is 13.8 Å². The quantitative estimate of drug-likeness (QED) is 0.845. The molecule has 21 heavy (non-hydrogen) atoms. The second-order valence-corrected chi connectivity index (χ2v) is 6.12. The van der Waals surface area contributed by atoms with Crippen LogP contribution in [0.1, 0.15) is 35.3 Å². The van der Waals surface area contributed by atoms with Gasteiger partial charge in [-0.2, -0.15) is 0 Å². The van der Waals surface area contributed by atoms with Gasteiger partial charge in [-0.15, -0.1) is 0 Å². The molecule has 1 atom stereocenters. The van der Waals surface area contributed by atoms with Crippen LogP contribution in [-0.4, -0.2) is 11.7 Å². The van der Waals surface area contributed by atoms with Crippen molar-refractivity contribution in [2.45, 2.75) is 33.3 Å². The topological polar surface area (TPSA) is 29.5 Å². The molecule has 0 saturated carbocycles. The Balaban J connectivity index is 2.20. The van der Waals surface area contributed by atoms with Crippen LogP contribution >= 0.6 is 15.9 Å². The molecule has 112 valence electrons. The highest BCUT2D eigenvalue weighted by atomic mass is 79.9. The summed E-state index contributed by atoms with van der Waals surface area (Å²) in [6.07, 6.45) is 0.0793. The second-order valence-electron chi connectivity index (χ2n) is 5.27. The summed E-state index contributed by atoms with van der Waals surface area (Å²) < 4.78 is 6.34. The van der Waals surface area contributed by atoms with Gasteiger partial charge >= 0.3 is 0 Å². The maximum absolute atomic E-state index is 10.5. The van der Waals surface area contributed by atoms with E-state index in [0.29, 0.717) is 13.0 Å². The van der Waals surface area contributed by atoms with E-state index in [0.717, 1.165) is 15.8 Å². The van der Waals surface area contributed by atoms with Crippen molar-refractivity contribution in [1.82, 2.24) is 0 Å². The van der Waals surface area contributed by atoms with E-state index in [2.05, 4.69) is 48.0 Å². The molecular formula is C18H21BrO2. The summed E-state index contributed by atoms with van der Waals surface area (Å²) in [6, 6.07) is 12.1. The standard InChI is InChI=1S/C18H21BrO2/c1-4-21-15-7-8-16(17(19)11-15)18(20)10-14-9-12(2)5-6-13(14)3/h5-9,11,18,20H,4,10H2,1-3H3. The Morgan fingerprint density at radius 2 is 1.90 bits per heavy atom. The molecule has 0 aliphatic heterocycles. The minimum absolute atomic E-state index is 0.532. The van der Waals surface area contributed by atoms with E-state index in [1.165, 1.54) is 16.7 Å². The number of rotatable bonds is 5. The average Bonchev–Trinajstić information content (AvgIpc) is 2.43. The summed E-state index contributed by atoms with van der Waals surface area (Å²) in [6.45, 7) is 6.74. The van der Waals surface area contributed by atoms with Crippen LogP contribution in [0.15, 0.2) is 40.9 Å².